The topological polar surface area (TPSA) is 38.5 Å². The molecule has 1 aliphatic heterocycles. The molecule has 2 aromatic rings. The largest absolute Gasteiger partial charge is 0.489 e. The van der Waals surface area contributed by atoms with Crippen LogP contribution in [0.25, 0.3) is 0 Å². The van der Waals surface area contributed by atoms with Crippen LogP contribution in [0.2, 0.25) is 0 Å². The molecule has 25 heavy (non-hydrogen) atoms. The standard InChI is InChI=1S/C21H28N2O.ClH/c1-17-3-5-19(6-4-17)14-24-20-9-7-18(8-10-20)13-23-12-11-21(2,15-22)16-23;/h3-10H,11-16,22H2,1-2H3;1H. The van der Waals surface area contributed by atoms with E-state index in [0.717, 1.165) is 31.9 Å². The van der Waals surface area contributed by atoms with Gasteiger partial charge in [-0.2, -0.15) is 0 Å². The maximum atomic E-state index is 5.89. The molecule has 0 spiro atoms. The van der Waals surface area contributed by atoms with Crippen LogP contribution in [0.15, 0.2) is 48.5 Å². The van der Waals surface area contributed by atoms with E-state index in [1.54, 1.807) is 0 Å². The van der Waals surface area contributed by atoms with Gasteiger partial charge in [-0.25, -0.2) is 0 Å². The van der Waals surface area contributed by atoms with Gasteiger partial charge in [-0.05, 0) is 55.1 Å². The monoisotopic (exact) mass is 360 g/mol. The minimum absolute atomic E-state index is 0. The number of hydrogen-bond donors (Lipinski definition) is 1. The Balaban J connectivity index is 0.00000225. The minimum Gasteiger partial charge on any atom is -0.489 e. The Labute approximate surface area is 157 Å². The van der Waals surface area contributed by atoms with Crippen LogP contribution in [0.5, 0.6) is 5.75 Å². The Morgan fingerprint density at radius 2 is 1.68 bits per heavy atom. The van der Waals surface area contributed by atoms with E-state index in [2.05, 4.69) is 67.3 Å². The molecule has 1 fully saturated rings. The summed E-state index contributed by atoms with van der Waals surface area (Å²) in [5.41, 5.74) is 9.98. The summed E-state index contributed by atoms with van der Waals surface area (Å²) >= 11 is 0. The van der Waals surface area contributed by atoms with E-state index in [9.17, 15) is 0 Å². The normalized spacial score (nSPS) is 20.3. The van der Waals surface area contributed by atoms with E-state index >= 15 is 0 Å². The van der Waals surface area contributed by atoms with E-state index in [1.165, 1.54) is 23.1 Å². The molecular weight excluding hydrogens is 332 g/mol. The molecule has 0 amide bonds. The Kier molecular flexibility index (Phi) is 6.88. The molecule has 2 aromatic carbocycles. The fourth-order valence-electron chi connectivity index (χ4n) is 3.23. The van der Waals surface area contributed by atoms with Crippen molar-refractivity contribution in [2.24, 2.45) is 11.1 Å². The van der Waals surface area contributed by atoms with E-state index in [4.69, 9.17) is 10.5 Å². The zero-order valence-corrected chi connectivity index (χ0v) is 16.0. The quantitative estimate of drug-likeness (QED) is 0.840. The third-order valence-electron chi connectivity index (χ3n) is 4.99. The number of likely N-dealkylation sites (tertiary alicyclic amines) is 1. The second-order valence-corrected chi connectivity index (χ2v) is 7.39. The van der Waals surface area contributed by atoms with Crippen LogP contribution in [0, 0.1) is 12.3 Å². The molecule has 3 rings (SSSR count). The van der Waals surface area contributed by atoms with E-state index in [1.807, 2.05) is 0 Å². The van der Waals surface area contributed by atoms with Crippen LogP contribution in [-0.2, 0) is 13.2 Å². The van der Waals surface area contributed by atoms with Crippen molar-refractivity contribution in [3.63, 3.8) is 0 Å². The summed E-state index contributed by atoms with van der Waals surface area (Å²) in [4.78, 5) is 2.50. The molecule has 2 N–H and O–H groups in total. The van der Waals surface area contributed by atoms with Gasteiger partial charge in [-0.1, -0.05) is 48.9 Å². The maximum absolute atomic E-state index is 5.89. The summed E-state index contributed by atoms with van der Waals surface area (Å²) < 4.78 is 5.88. The first-order valence-electron chi connectivity index (χ1n) is 8.76. The number of hydrogen-bond acceptors (Lipinski definition) is 3. The predicted molar refractivity (Wildman–Crippen MR) is 106 cm³/mol. The summed E-state index contributed by atoms with van der Waals surface area (Å²) in [5.74, 6) is 0.924. The second-order valence-electron chi connectivity index (χ2n) is 7.39. The molecule has 0 aliphatic carbocycles. The van der Waals surface area contributed by atoms with Gasteiger partial charge >= 0.3 is 0 Å². The number of ether oxygens (including phenoxy) is 1. The second kappa shape index (κ2) is 8.70. The molecule has 1 atom stereocenters. The van der Waals surface area contributed by atoms with Gasteiger partial charge in [0.25, 0.3) is 0 Å². The Hall–Kier alpha value is -1.55. The van der Waals surface area contributed by atoms with Crippen LogP contribution in [0.3, 0.4) is 0 Å². The molecule has 0 aromatic heterocycles. The van der Waals surface area contributed by atoms with Crippen molar-refractivity contribution in [3.05, 3.63) is 65.2 Å². The van der Waals surface area contributed by atoms with Crippen LogP contribution in [0.4, 0.5) is 0 Å². The van der Waals surface area contributed by atoms with E-state index < -0.39 is 0 Å². The first-order valence-corrected chi connectivity index (χ1v) is 8.76. The third kappa shape index (κ3) is 5.46. The lowest BCUT2D eigenvalue weighted by atomic mass is 9.90. The lowest BCUT2D eigenvalue weighted by Crippen LogP contribution is -2.31. The summed E-state index contributed by atoms with van der Waals surface area (Å²) in [5, 5.41) is 0. The van der Waals surface area contributed by atoms with Gasteiger partial charge in [0.15, 0.2) is 0 Å². The van der Waals surface area contributed by atoms with Crippen molar-refractivity contribution in [2.45, 2.75) is 33.4 Å². The van der Waals surface area contributed by atoms with Crippen molar-refractivity contribution in [2.75, 3.05) is 19.6 Å². The van der Waals surface area contributed by atoms with Gasteiger partial charge in [-0.3, -0.25) is 4.90 Å². The highest BCUT2D eigenvalue weighted by Crippen LogP contribution is 2.29. The van der Waals surface area contributed by atoms with Crippen molar-refractivity contribution >= 4 is 12.4 Å². The average Bonchev–Trinajstić information content (AvgIpc) is 2.97. The van der Waals surface area contributed by atoms with Crippen LogP contribution >= 0.6 is 12.4 Å². The van der Waals surface area contributed by atoms with Crippen molar-refractivity contribution < 1.29 is 4.74 Å². The fraction of sp³-hybridized carbons (Fsp3) is 0.429. The summed E-state index contributed by atoms with van der Waals surface area (Å²) in [6, 6.07) is 16.9. The van der Waals surface area contributed by atoms with Crippen molar-refractivity contribution in [3.8, 4) is 5.75 Å². The summed E-state index contributed by atoms with van der Waals surface area (Å²) in [6.07, 6.45) is 1.20. The lowest BCUT2D eigenvalue weighted by molar-refractivity contribution is 0.274. The number of nitrogens with zero attached hydrogens (tertiary/aromatic N) is 1. The maximum Gasteiger partial charge on any atom is 0.119 e. The first kappa shape index (κ1) is 19.8. The number of nitrogens with two attached hydrogens (primary N) is 1. The number of halogens is 1. The lowest BCUT2D eigenvalue weighted by Gasteiger charge is -2.22. The molecule has 0 saturated carbocycles. The highest BCUT2D eigenvalue weighted by atomic mass is 35.5. The molecule has 1 saturated heterocycles. The van der Waals surface area contributed by atoms with Crippen molar-refractivity contribution in [1.29, 1.82) is 0 Å². The molecule has 4 heteroatoms. The average molecular weight is 361 g/mol. The highest BCUT2D eigenvalue weighted by molar-refractivity contribution is 5.85. The van der Waals surface area contributed by atoms with Gasteiger partial charge in [0.1, 0.15) is 12.4 Å². The zero-order chi connectivity index (χ0) is 17.0. The fourth-order valence-corrected chi connectivity index (χ4v) is 3.23. The molecule has 1 aliphatic rings. The Bertz CT molecular complexity index is 657. The number of benzene rings is 2. The highest BCUT2D eigenvalue weighted by Gasteiger charge is 2.32. The smallest absolute Gasteiger partial charge is 0.119 e. The molecule has 0 bridgehead atoms. The van der Waals surface area contributed by atoms with Gasteiger partial charge in [0.2, 0.25) is 0 Å². The van der Waals surface area contributed by atoms with Crippen LogP contribution in [0.1, 0.15) is 30.0 Å². The van der Waals surface area contributed by atoms with E-state index in [0.29, 0.717) is 6.61 Å². The molecule has 136 valence electrons. The predicted octanol–water partition coefficient (Wildman–Crippen LogP) is 4.17. The minimum atomic E-state index is 0. The van der Waals surface area contributed by atoms with Crippen LogP contribution < -0.4 is 10.5 Å². The first-order chi connectivity index (χ1) is 11.6. The molecule has 1 unspecified atom stereocenters. The Morgan fingerprint density at radius 1 is 1.04 bits per heavy atom. The number of rotatable bonds is 6. The van der Waals surface area contributed by atoms with Crippen LogP contribution in [-0.4, -0.2) is 24.5 Å². The molecular formula is C21H29ClN2O. The summed E-state index contributed by atoms with van der Waals surface area (Å²) in [6.45, 7) is 8.99. The number of aryl methyl sites for hydroxylation is 1. The van der Waals surface area contributed by atoms with Gasteiger partial charge in [0.05, 0.1) is 0 Å². The van der Waals surface area contributed by atoms with Gasteiger partial charge in [0, 0.05) is 13.1 Å². The SMILES string of the molecule is Cc1ccc(COc2ccc(CN3CCC(C)(CN)C3)cc2)cc1.Cl. The Morgan fingerprint density at radius 3 is 2.28 bits per heavy atom. The van der Waals surface area contributed by atoms with E-state index in [-0.39, 0.29) is 17.8 Å². The molecule has 1 heterocycles. The zero-order valence-electron chi connectivity index (χ0n) is 15.2. The molecule has 0 radical (unpaired) electrons. The van der Waals surface area contributed by atoms with Gasteiger partial charge < -0.3 is 10.5 Å². The summed E-state index contributed by atoms with van der Waals surface area (Å²) in [7, 11) is 0. The third-order valence-corrected chi connectivity index (χ3v) is 4.99. The molecule has 3 nitrogen and oxygen atoms in total. The van der Waals surface area contributed by atoms with Crippen molar-refractivity contribution in [1.82, 2.24) is 4.90 Å². The van der Waals surface area contributed by atoms with Gasteiger partial charge in [-0.15, -0.1) is 12.4 Å².